The third kappa shape index (κ3) is 3.99. The van der Waals surface area contributed by atoms with E-state index in [1.165, 1.54) is 12.1 Å². The van der Waals surface area contributed by atoms with Crippen LogP contribution >= 0.6 is 35.1 Å². The Bertz CT molecular complexity index is 880. The highest BCUT2D eigenvalue weighted by molar-refractivity contribution is 8.00. The fourth-order valence-electron chi connectivity index (χ4n) is 2.16. The molecule has 0 aliphatic rings. The molecule has 0 aliphatic carbocycles. The minimum absolute atomic E-state index is 0.104. The van der Waals surface area contributed by atoms with Crippen LogP contribution in [-0.4, -0.2) is 26.2 Å². The lowest BCUT2D eigenvalue weighted by molar-refractivity contribution is -0.0328. The molecule has 3 nitrogen and oxygen atoms in total. The third-order valence-electron chi connectivity index (χ3n) is 3.04. The van der Waals surface area contributed by atoms with Crippen molar-refractivity contribution in [3.63, 3.8) is 0 Å². The van der Waals surface area contributed by atoms with E-state index < -0.39 is 5.51 Å². The highest BCUT2D eigenvalue weighted by Gasteiger charge is 2.29. The van der Waals surface area contributed by atoms with Crippen molar-refractivity contribution >= 4 is 46.2 Å². The second-order valence-electron chi connectivity index (χ2n) is 4.73. The number of thioether (sulfide) groups is 2. The summed E-state index contributed by atoms with van der Waals surface area (Å²) in [5.74, 6) is 1.33. The molecule has 0 fully saturated rings. The summed E-state index contributed by atoms with van der Waals surface area (Å²) in [6.07, 6.45) is 0. The molecule has 0 bridgehead atoms. The van der Waals surface area contributed by atoms with E-state index >= 15 is 0 Å². The molecule has 126 valence electrons. The van der Waals surface area contributed by atoms with Gasteiger partial charge in [-0.3, -0.25) is 0 Å². The Labute approximate surface area is 149 Å². The largest absolute Gasteiger partial charge is 0.446 e. The summed E-state index contributed by atoms with van der Waals surface area (Å²) in [6.45, 7) is 2.02. The molecule has 0 aliphatic heterocycles. The Kier molecular flexibility index (Phi) is 4.98. The van der Waals surface area contributed by atoms with Gasteiger partial charge in [-0.2, -0.15) is 13.2 Å². The molecule has 2 aromatic heterocycles. The fourth-order valence-corrected chi connectivity index (χ4v) is 3.64. The standard InChI is InChI=1S/C15H11ClF3N3S2/c1-2-23-11-5-6-12(16)22-13(11)14-20-9-4-3-8(7-10(9)21-14)24-15(17,18)19/h3-7H,2H2,1H3,(H,20,21). The van der Waals surface area contributed by atoms with Gasteiger partial charge in [0.15, 0.2) is 5.82 Å². The van der Waals surface area contributed by atoms with Crippen molar-refractivity contribution in [2.24, 2.45) is 0 Å². The molecular weight excluding hydrogens is 379 g/mol. The number of hydrogen-bond acceptors (Lipinski definition) is 4. The van der Waals surface area contributed by atoms with Gasteiger partial charge in [0.25, 0.3) is 0 Å². The van der Waals surface area contributed by atoms with Gasteiger partial charge in [0.05, 0.1) is 11.0 Å². The van der Waals surface area contributed by atoms with Gasteiger partial charge in [0.1, 0.15) is 10.8 Å². The van der Waals surface area contributed by atoms with Gasteiger partial charge in [-0.25, -0.2) is 9.97 Å². The predicted octanol–water partition coefficient (Wildman–Crippen LogP) is 6.00. The van der Waals surface area contributed by atoms with Crippen LogP contribution in [-0.2, 0) is 0 Å². The number of alkyl halides is 3. The van der Waals surface area contributed by atoms with Crippen LogP contribution in [0.2, 0.25) is 5.15 Å². The normalized spacial score (nSPS) is 12.0. The molecule has 3 aromatic rings. The summed E-state index contributed by atoms with van der Waals surface area (Å²) < 4.78 is 37.5. The number of halogens is 4. The molecule has 0 saturated carbocycles. The number of fused-ring (bicyclic) bond motifs is 1. The van der Waals surface area contributed by atoms with Crippen LogP contribution in [0.15, 0.2) is 40.1 Å². The van der Waals surface area contributed by atoms with Crippen molar-refractivity contribution in [2.45, 2.75) is 22.2 Å². The van der Waals surface area contributed by atoms with E-state index in [1.807, 2.05) is 13.0 Å². The molecule has 0 radical (unpaired) electrons. The number of aromatic nitrogens is 3. The number of nitrogens with one attached hydrogen (secondary N) is 1. The maximum absolute atomic E-state index is 12.5. The molecule has 0 amide bonds. The Balaban J connectivity index is 2.04. The average Bonchev–Trinajstić information content (AvgIpc) is 2.90. The lowest BCUT2D eigenvalue weighted by atomic mass is 10.3. The SMILES string of the molecule is CCSc1ccc(Cl)nc1-c1nc2ccc(SC(F)(F)F)cc2[nH]1. The first-order valence-electron chi connectivity index (χ1n) is 6.91. The topological polar surface area (TPSA) is 41.6 Å². The molecule has 1 aromatic carbocycles. The number of benzene rings is 1. The van der Waals surface area contributed by atoms with Gasteiger partial charge < -0.3 is 4.98 Å². The van der Waals surface area contributed by atoms with E-state index in [2.05, 4.69) is 15.0 Å². The highest BCUT2D eigenvalue weighted by atomic mass is 35.5. The molecule has 24 heavy (non-hydrogen) atoms. The van der Waals surface area contributed by atoms with Crippen LogP contribution in [0.1, 0.15) is 6.92 Å². The van der Waals surface area contributed by atoms with Crippen molar-refractivity contribution in [3.8, 4) is 11.5 Å². The lowest BCUT2D eigenvalue weighted by Gasteiger charge is -2.05. The summed E-state index contributed by atoms with van der Waals surface area (Å²) in [4.78, 5) is 12.8. The van der Waals surface area contributed by atoms with E-state index in [4.69, 9.17) is 11.6 Å². The number of imidazole rings is 1. The number of pyridine rings is 1. The Morgan fingerprint density at radius 3 is 2.67 bits per heavy atom. The van der Waals surface area contributed by atoms with E-state index in [0.29, 0.717) is 27.7 Å². The van der Waals surface area contributed by atoms with Crippen LogP contribution in [0.25, 0.3) is 22.6 Å². The maximum Gasteiger partial charge on any atom is 0.446 e. The second kappa shape index (κ2) is 6.85. The molecule has 1 N–H and O–H groups in total. The zero-order chi connectivity index (χ0) is 17.3. The summed E-state index contributed by atoms with van der Waals surface area (Å²) in [5.41, 5.74) is -2.63. The van der Waals surface area contributed by atoms with Crippen molar-refractivity contribution in [1.82, 2.24) is 15.0 Å². The number of nitrogens with zero attached hydrogens (tertiary/aromatic N) is 2. The number of rotatable bonds is 4. The van der Waals surface area contributed by atoms with Crippen LogP contribution in [0.4, 0.5) is 13.2 Å². The van der Waals surface area contributed by atoms with Crippen molar-refractivity contribution in [2.75, 3.05) is 5.75 Å². The first-order chi connectivity index (χ1) is 11.4. The van der Waals surface area contributed by atoms with Crippen molar-refractivity contribution < 1.29 is 13.2 Å². The highest BCUT2D eigenvalue weighted by Crippen LogP contribution is 2.38. The minimum Gasteiger partial charge on any atom is -0.337 e. The smallest absolute Gasteiger partial charge is 0.337 e. The Morgan fingerprint density at radius 1 is 1.17 bits per heavy atom. The van der Waals surface area contributed by atoms with Gasteiger partial charge in [0.2, 0.25) is 0 Å². The van der Waals surface area contributed by atoms with Crippen LogP contribution < -0.4 is 0 Å². The number of H-pyrrole nitrogens is 1. The van der Waals surface area contributed by atoms with Gasteiger partial charge in [-0.1, -0.05) is 18.5 Å². The quantitative estimate of drug-likeness (QED) is 0.438. The van der Waals surface area contributed by atoms with E-state index in [0.717, 1.165) is 10.6 Å². The first-order valence-corrected chi connectivity index (χ1v) is 9.09. The summed E-state index contributed by atoms with van der Waals surface area (Å²) in [7, 11) is 0. The molecule has 0 atom stereocenters. The zero-order valence-electron chi connectivity index (χ0n) is 12.3. The summed E-state index contributed by atoms with van der Waals surface area (Å²) in [6, 6.07) is 7.95. The van der Waals surface area contributed by atoms with Crippen LogP contribution in [0.5, 0.6) is 0 Å². The first kappa shape index (κ1) is 17.4. The fraction of sp³-hybridized carbons (Fsp3) is 0.200. The van der Waals surface area contributed by atoms with Gasteiger partial charge in [-0.15, -0.1) is 11.8 Å². The Morgan fingerprint density at radius 2 is 1.96 bits per heavy atom. The maximum atomic E-state index is 12.5. The molecule has 0 unspecified atom stereocenters. The summed E-state index contributed by atoms with van der Waals surface area (Å²) >= 11 is 7.41. The number of hydrogen-bond donors (Lipinski definition) is 1. The summed E-state index contributed by atoms with van der Waals surface area (Å²) in [5, 5.41) is 0.333. The molecule has 0 saturated heterocycles. The number of aromatic amines is 1. The molecular formula is C15H11ClF3N3S2. The van der Waals surface area contributed by atoms with Gasteiger partial charge in [0, 0.05) is 9.79 Å². The van der Waals surface area contributed by atoms with Gasteiger partial charge >= 0.3 is 5.51 Å². The van der Waals surface area contributed by atoms with E-state index in [9.17, 15) is 13.2 Å². The third-order valence-corrected chi connectivity index (χ3v) is 4.90. The average molecular weight is 390 g/mol. The second-order valence-corrected chi connectivity index (χ2v) is 7.56. The predicted molar refractivity (Wildman–Crippen MR) is 92.6 cm³/mol. The van der Waals surface area contributed by atoms with Crippen LogP contribution in [0.3, 0.4) is 0 Å². The molecule has 2 heterocycles. The van der Waals surface area contributed by atoms with Crippen molar-refractivity contribution in [3.05, 3.63) is 35.5 Å². The molecule has 0 spiro atoms. The van der Waals surface area contributed by atoms with Gasteiger partial charge in [-0.05, 0) is 47.8 Å². The molecule has 9 heteroatoms. The lowest BCUT2D eigenvalue weighted by Crippen LogP contribution is -1.98. The van der Waals surface area contributed by atoms with Crippen molar-refractivity contribution in [1.29, 1.82) is 0 Å². The molecule has 3 rings (SSSR count). The monoisotopic (exact) mass is 389 g/mol. The van der Waals surface area contributed by atoms with E-state index in [1.54, 1.807) is 23.9 Å². The Hall–Kier alpha value is -1.38. The van der Waals surface area contributed by atoms with E-state index in [-0.39, 0.29) is 16.7 Å². The minimum atomic E-state index is -4.32. The van der Waals surface area contributed by atoms with Crippen LogP contribution in [0, 0.1) is 0 Å². The zero-order valence-corrected chi connectivity index (χ0v) is 14.7.